The maximum atomic E-state index is 5.58. The number of nitrogens with zero attached hydrogens (tertiary/aromatic N) is 5. The summed E-state index contributed by atoms with van der Waals surface area (Å²) in [6, 6.07) is 0. The van der Waals surface area contributed by atoms with Crippen LogP contribution in [0.25, 0.3) is 5.65 Å². The van der Waals surface area contributed by atoms with E-state index in [-0.39, 0.29) is 0 Å². The van der Waals surface area contributed by atoms with Crippen molar-refractivity contribution >= 4 is 28.7 Å². The third-order valence-corrected chi connectivity index (χ3v) is 3.18. The van der Waals surface area contributed by atoms with Gasteiger partial charge in [-0.25, -0.2) is 4.98 Å². The highest BCUT2D eigenvalue weighted by atomic mass is 32.1. The molecular formula is C12H18N6OS. The quantitative estimate of drug-likeness (QED) is 0.747. The SMILES string of the molecule is COCCN(CCC(N)=S)c1nccn2c(C)nnc12. The van der Waals surface area contributed by atoms with E-state index in [0.717, 1.165) is 17.3 Å². The van der Waals surface area contributed by atoms with Gasteiger partial charge in [0.15, 0.2) is 5.82 Å². The number of hydrogen-bond donors (Lipinski definition) is 1. The van der Waals surface area contributed by atoms with Gasteiger partial charge in [0.1, 0.15) is 5.82 Å². The van der Waals surface area contributed by atoms with E-state index in [9.17, 15) is 0 Å². The van der Waals surface area contributed by atoms with Crippen molar-refractivity contribution in [1.29, 1.82) is 0 Å². The Bertz CT molecular complexity index is 599. The molecule has 0 saturated carbocycles. The average Bonchev–Trinajstić information content (AvgIpc) is 2.81. The Hall–Kier alpha value is -1.80. The molecular weight excluding hydrogens is 276 g/mol. The predicted octanol–water partition coefficient (Wildman–Crippen LogP) is 0.562. The first kappa shape index (κ1) is 14.6. The third-order valence-electron chi connectivity index (χ3n) is 2.97. The fourth-order valence-corrected chi connectivity index (χ4v) is 2.01. The summed E-state index contributed by atoms with van der Waals surface area (Å²) in [6.07, 6.45) is 4.20. The van der Waals surface area contributed by atoms with Gasteiger partial charge in [-0.15, -0.1) is 10.2 Å². The fourth-order valence-electron chi connectivity index (χ4n) is 1.92. The van der Waals surface area contributed by atoms with Crippen molar-refractivity contribution in [3.8, 4) is 0 Å². The summed E-state index contributed by atoms with van der Waals surface area (Å²) in [5.41, 5.74) is 6.31. The van der Waals surface area contributed by atoms with Gasteiger partial charge in [0, 0.05) is 39.0 Å². The van der Waals surface area contributed by atoms with E-state index < -0.39 is 0 Å². The van der Waals surface area contributed by atoms with Crippen molar-refractivity contribution in [1.82, 2.24) is 19.6 Å². The molecule has 0 aliphatic heterocycles. The van der Waals surface area contributed by atoms with Crippen LogP contribution in [0.4, 0.5) is 5.82 Å². The molecule has 2 N–H and O–H groups in total. The smallest absolute Gasteiger partial charge is 0.203 e. The molecule has 0 unspecified atom stereocenters. The minimum absolute atomic E-state index is 0.483. The van der Waals surface area contributed by atoms with Crippen molar-refractivity contribution in [2.45, 2.75) is 13.3 Å². The number of aryl methyl sites for hydroxylation is 1. The van der Waals surface area contributed by atoms with E-state index in [0.29, 0.717) is 31.1 Å². The highest BCUT2D eigenvalue weighted by Gasteiger charge is 2.15. The molecule has 108 valence electrons. The second kappa shape index (κ2) is 6.58. The van der Waals surface area contributed by atoms with E-state index in [1.54, 1.807) is 13.3 Å². The van der Waals surface area contributed by atoms with Crippen LogP contribution in [0.5, 0.6) is 0 Å². The lowest BCUT2D eigenvalue weighted by atomic mass is 10.3. The predicted molar refractivity (Wildman–Crippen MR) is 81.0 cm³/mol. The molecule has 0 saturated heterocycles. The van der Waals surface area contributed by atoms with E-state index in [4.69, 9.17) is 22.7 Å². The summed E-state index contributed by atoms with van der Waals surface area (Å²) < 4.78 is 7.05. The molecule has 20 heavy (non-hydrogen) atoms. The second-order valence-corrected chi connectivity index (χ2v) is 4.91. The number of hydrogen-bond acceptors (Lipinski definition) is 6. The maximum Gasteiger partial charge on any atom is 0.203 e. The van der Waals surface area contributed by atoms with Crippen molar-refractivity contribution in [3.63, 3.8) is 0 Å². The van der Waals surface area contributed by atoms with E-state index in [1.165, 1.54) is 0 Å². The number of nitrogens with two attached hydrogens (primary N) is 1. The monoisotopic (exact) mass is 294 g/mol. The van der Waals surface area contributed by atoms with Crippen LogP contribution in [-0.2, 0) is 4.74 Å². The summed E-state index contributed by atoms with van der Waals surface area (Å²) in [4.78, 5) is 6.96. The molecule has 0 radical (unpaired) electrons. The molecule has 7 nitrogen and oxygen atoms in total. The summed E-state index contributed by atoms with van der Waals surface area (Å²) in [7, 11) is 1.67. The number of fused-ring (bicyclic) bond motifs is 1. The van der Waals surface area contributed by atoms with Crippen LogP contribution in [0.15, 0.2) is 12.4 Å². The Balaban J connectivity index is 2.31. The lowest BCUT2D eigenvalue weighted by Crippen LogP contribution is -2.31. The molecule has 2 aromatic rings. The first-order valence-corrected chi connectivity index (χ1v) is 6.73. The van der Waals surface area contributed by atoms with Crippen LogP contribution in [0.1, 0.15) is 12.2 Å². The molecule has 2 rings (SSSR count). The van der Waals surface area contributed by atoms with Crippen LogP contribution >= 0.6 is 12.2 Å². The minimum atomic E-state index is 0.483. The number of thiocarbonyl (C=S) groups is 1. The number of rotatable bonds is 7. The van der Waals surface area contributed by atoms with Crippen LogP contribution in [0.3, 0.4) is 0 Å². The zero-order valence-corrected chi connectivity index (χ0v) is 12.4. The standard InChI is InChI=1S/C12H18N6OS/c1-9-15-16-12-11(14-4-6-18(9)12)17(7-8-19-2)5-3-10(13)20/h4,6H,3,5,7-8H2,1-2H3,(H2,13,20). The van der Waals surface area contributed by atoms with Crippen LogP contribution in [0.2, 0.25) is 0 Å². The molecule has 0 spiro atoms. The number of ether oxygens (including phenoxy) is 1. The normalized spacial score (nSPS) is 10.9. The molecule has 8 heteroatoms. The Morgan fingerprint density at radius 1 is 1.45 bits per heavy atom. The largest absolute Gasteiger partial charge is 0.393 e. The zero-order chi connectivity index (χ0) is 14.5. The van der Waals surface area contributed by atoms with Gasteiger partial charge in [0.25, 0.3) is 0 Å². The Labute approximate surface area is 122 Å². The molecule has 0 atom stereocenters. The maximum absolute atomic E-state index is 5.58. The third kappa shape index (κ3) is 3.20. The summed E-state index contributed by atoms with van der Waals surface area (Å²) in [6.45, 7) is 3.86. The summed E-state index contributed by atoms with van der Waals surface area (Å²) in [5.74, 6) is 1.59. The van der Waals surface area contributed by atoms with Gasteiger partial charge in [0.2, 0.25) is 5.65 Å². The molecule has 0 amide bonds. The molecule has 0 fully saturated rings. The minimum Gasteiger partial charge on any atom is -0.393 e. The Kier molecular flexibility index (Phi) is 4.80. The van der Waals surface area contributed by atoms with Gasteiger partial charge in [-0.1, -0.05) is 12.2 Å². The van der Waals surface area contributed by atoms with Crippen molar-refractivity contribution in [2.24, 2.45) is 5.73 Å². The molecule has 2 aromatic heterocycles. The second-order valence-electron chi connectivity index (χ2n) is 4.39. The highest BCUT2D eigenvalue weighted by Crippen LogP contribution is 2.17. The van der Waals surface area contributed by atoms with E-state index >= 15 is 0 Å². The van der Waals surface area contributed by atoms with Gasteiger partial charge in [-0.05, 0) is 6.92 Å². The summed E-state index contributed by atoms with van der Waals surface area (Å²) >= 11 is 4.94. The highest BCUT2D eigenvalue weighted by molar-refractivity contribution is 7.80. The van der Waals surface area contributed by atoms with Gasteiger partial charge in [-0.2, -0.15) is 0 Å². The van der Waals surface area contributed by atoms with Gasteiger partial charge < -0.3 is 15.4 Å². The first-order chi connectivity index (χ1) is 9.63. The van der Waals surface area contributed by atoms with Crippen LogP contribution in [0, 0.1) is 6.92 Å². The lowest BCUT2D eigenvalue weighted by molar-refractivity contribution is 0.205. The van der Waals surface area contributed by atoms with Gasteiger partial charge in [0.05, 0.1) is 11.6 Å². The molecule has 2 heterocycles. The van der Waals surface area contributed by atoms with Crippen molar-refractivity contribution < 1.29 is 4.74 Å². The van der Waals surface area contributed by atoms with Gasteiger partial charge >= 0.3 is 0 Å². The van der Waals surface area contributed by atoms with E-state index in [2.05, 4.69) is 20.1 Å². The number of anilines is 1. The van der Waals surface area contributed by atoms with Crippen molar-refractivity contribution in [2.75, 3.05) is 31.7 Å². The Morgan fingerprint density at radius 2 is 2.25 bits per heavy atom. The van der Waals surface area contributed by atoms with E-state index in [1.807, 2.05) is 17.5 Å². The molecule has 0 aromatic carbocycles. The zero-order valence-electron chi connectivity index (χ0n) is 11.6. The lowest BCUT2D eigenvalue weighted by Gasteiger charge is -2.23. The fraction of sp³-hybridized carbons (Fsp3) is 0.500. The Morgan fingerprint density at radius 3 is 2.95 bits per heavy atom. The van der Waals surface area contributed by atoms with Crippen LogP contribution < -0.4 is 10.6 Å². The molecule has 0 bridgehead atoms. The molecule has 0 aliphatic rings. The summed E-state index contributed by atoms with van der Waals surface area (Å²) in [5, 5.41) is 8.26. The number of aromatic nitrogens is 4. The molecule has 0 aliphatic carbocycles. The van der Waals surface area contributed by atoms with Crippen molar-refractivity contribution in [3.05, 3.63) is 18.2 Å². The van der Waals surface area contributed by atoms with Crippen LogP contribution in [-0.4, -0.2) is 51.4 Å². The number of methoxy groups -OCH3 is 1. The topological polar surface area (TPSA) is 81.6 Å². The van der Waals surface area contributed by atoms with Gasteiger partial charge in [-0.3, -0.25) is 4.40 Å². The average molecular weight is 294 g/mol. The first-order valence-electron chi connectivity index (χ1n) is 6.32.